The smallest absolute Gasteiger partial charge is 0.314 e. The van der Waals surface area contributed by atoms with Crippen molar-refractivity contribution in [3.8, 4) is 11.5 Å². The highest BCUT2D eigenvalue weighted by molar-refractivity contribution is 6.43. The van der Waals surface area contributed by atoms with Gasteiger partial charge in [0.15, 0.2) is 0 Å². The lowest BCUT2D eigenvalue weighted by Crippen LogP contribution is -2.29. The molecule has 8 heteroatoms. The summed E-state index contributed by atoms with van der Waals surface area (Å²) in [5.41, 5.74) is 1.43. The highest BCUT2D eigenvalue weighted by atomic mass is 16.5. The Balaban J connectivity index is 1.70. The Hall–Kier alpha value is -3.55. The van der Waals surface area contributed by atoms with Crippen molar-refractivity contribution in [1.82, 2.24) is 0 Å². The van der Waals surface area contributed by atoms with Crippen LogP contribution < -0.4 is 25.0 Å². The molecule has 3 rings (SSSR count). The van der Waals surface area contributed by atoms with Crippen LogP contribution in [0.3, 0.4) is 0 Å². The van der Waals surface area contributed by atoms with Gasteiger partial charge in [-0.3, -0.25) is 14.4 Å². The molecule has 1 fully saturated rings. The van der Waals surface area contributed by atoms with E-state index in [-0.39, 0.29) is 5.91 Å². The summed E-state index contributed by atoms with van der Waals surface area (Å²) in [4.78, 5) is 38.0. The van der Waals surface area contributed by atoms with E-state index >= 15 is 0 Å². The standard InChI is InChI=1S/C20H21N3O5/c1-27-15-8-5-13(6-9-15)21-19(25)20(26)22-14-7-10-17(28-2)16(12-14)23-11-3-4-18(23)24/h5-10,12H,3-4,11H2,1-2H3,(H,21,25)(H,22,26). The summed E-state index contributed by atoms with van der Waals surface area (Å²) in [6, 6.07) is 11.5. The van der Waals surface area contributed by atoms with Crippen LogP contribution in [0.4, 0.5) is 17.1 Å². The van der Waals surface area contributed by atoms with Crippen LogP contribution in [-0.2, 0) is 14.4 Å². The average Bonchev–Trinajstić information content (AvgIpc) is 3.14. The molecule has 0 aromatic heterocycles. The van der Waals surface area contributed by atoms with E-state index in [1.54, 1.807) is 54.5 Å². The van der Waals surface area contributed by atoms with Gasteiger partial charge < -0.3 is 25.0 Å². The molecule has 0 spiro atoms. The predicted molar refractivity (Wildman–Crippen MR) is 105 cm³/mol. The first-order valence-electron chi connectivity index (χ1n) is 8.76. The van der Waals surface area contributed by atoms with Crippen LogP contribution in [0.5, 0.6) is 11.5 Å². The van der Waals surface area contributed by atoms with Gasteiger partial charge in [0.2, 0.25) is 5.91 Å². The fourth-order valence-corrected chi connectivity index (χ4v) is 2.93. The van der Waals surface area contributed by atoms with Gasteiger partial charge in [0.1, 0.15) is 11.5 Å². The minimum Gasteiger partial charge on any atom is -0.497 e. The second-order valence-corrected chi connectivity index (χ2v) is 6.17. The molecule has 0 atom stereocenters. The summed E-state index contributed by atoms with van der Waals surface area (Å²) in [6.45, 7) is 0.588. The van der Waals surface area contributed by atoms with Crippen LogP contribution in [-0.4, -0.2) is 38.5 Å². The number of hydrogen-bond donors (Lipinski definition) is 2. The second-order valence-electron chi connectivity index (χ2n) is 6.17. The van der Waals surface area contributed by atoms with Gasteiger partial charge in [-0.05, 0) is 48.9 Å². The molecular weight excluding hydrogens is 362 g/mol. The van der Waals surface area contributed by atoms with E-state index in [9.17, 15) is 14.4 Å². The van der Waals surface area contributed by atoms with Crippen molar-refractivity contribution in [1.29, 1.82) is 0 Å². The molecule has 0 unspecified atom stereocenters. The van der Waals surface area contributed by atoms with Gasteiger partial charge in [0.05, 0.1) is 19.9 Å². The third-order valence-corrected chi connectivity index (χ3v) is 4.36. The van der Waals surface area contributed by atoms with Crippen molar-refractivity contribution in [2.45, 2.75) is 12.8 Å². The molecule has 28 heavy (non-hydrogen) atoms. The normalized spacial score (nSPS) is 13.2. The Labute approximate surface area is 162 Å². The molecule has 146 valence electrons. The molecule has 0 radical (unpaired) electrons. The molecule has 1 aliphatic rings. The van der Waals surface area contributed by atoms with Crippen LogP contribution in [0.15, 0.2) is 42.5 Å². The molecule has 3 amide bonds. The number of hydrogen-bond acceptors (Lipinski definition) is 5. The molecule has 2 aromatic carbocycles. The Kier molecular flexibility index (Phi) is 5.78. The largest absolute Gasteiger partial charge is 0.497 e. The lowest BCUT2D eigenvalue weighted by Gasteiger charge is -2.20. The molecule has 0 bridgehead atoms. The van der Waals surface area contributed by atoms with E-state index in [0.717, 1.165) is 6.42 Å². The Morgan fingerprint density at radius 2 is 1.57 bits per heavy atom. The monoisotopic (exact) mass is 383 g/mol. The van der Waals surface area contributed by atoms with Gasteiger partial charge >= 0.3 is 11.8 Å². The van der Waals surface area contributed by atoms with E-state index in [1.807, 2.05) is 0 Å². The molecule has 1 aliphatic heterocycles. The molecule has 8 nitrogen and oxygen atoms in total. The van der Waals surface area contributed by atoms with Crippen molar-refractivity contribution >= 4 is 34.8 Å². The molecule has 2 aromatic rings. The molecule has 0 saturated carbocycles. The number of carbonyl (C=O) groups is 3. The highest BCUT2D eigenvalue weighted by Crippen LogP contribution is 2.34. The molecule has 0 aliphatic carbocycles. The fraction of sp³-hybridized carbons (Fsp3) is 0.250. The highest BCUT2D eigenvalue weighted by Gasteiger charge is 2.25. The number of methoxy groups -OCH3 is 2. The number of ether oxygens (including phenoxy) is 2. The fourth-order valence-electron chi connectivity index (χ4n) is 2.93. The zero-order valence-electron chi connectivity index (χ0n) is 15.7. The third-order valence-electron chi connectivity index (χ3n) is 4.36. The molecular formula is C20H21N3O5. The summed E-state index contributed by atoms with van der Waals surface area (Å²) >= 11 is 0. The maximum Gasteiger partial charge on any atom is 0.314 e. The van der Waals surface area contributed by atoms with E-state index in [2.05, 4.69) is 10.6 Å². The van der Waals surface area contributed by atoms with E-state index in [0.29, 0.717) is 41.5 Å². The quantitative estimate of drug-likeness (QED) is 0.773. The van der Waals surface area contributed by atoms with Crippen molar-refractivity contribution in [3.05, 3.63) is 42.5 Å². The number of nitrogens with zero attached hydrogens (tertiary/aromatic N) is 1. The summed E-state index contributed by atoms with van der Waals surface area (Å²) < 4.78 is 10.4. The van der Waals surface area contributed by atoms with Crippen LogP contribution >= 0.6 is 0 Å². The first kappa shape index (κ1) is 19.2. The van der Waals surface area contributed by atoms with Gasteiger partial charge in [-0.25, -0.2) is 0 Å². The van der Waals surface area contributed by atoms with Crippen molar-refractivity contribution in [3.63, 3.8) is 0 Å². The zero-order chi connectivity index (χ0) is 20.1. The van der Waals surface area contributed by atoms with Crippen molar-refractivity contribution < 1.29 is 23.9 Å². The summed E-state index contributed by atoms with van der Waals surface area (Å²) in [7, 11) is 3.06. The number of rotatable bonds is 5. The minimum absolute atomic E-state index is 0.000902. The van der Waals surface area contributed by atoms with Gasteiger partial charge in [-0.2, -0.15) is 0 Å². The van der Waals surface area contributed by atoms with Gasteiger partial charge in [0, 0.05) is 24.3 Å². The predicted octanol–water partition coefficient (Wildman–Crippen LogP) is 2.41. The SMILES string of the molecule is COc1ccc(NC(=O)C(=O)Nc2ccc(OC)c(N3CCCC3=O)c2)cc1. The molecule has 1 saturated heterocycles. The summed E-state index contributed by atoms with van der Waals surface area (Å²) in [6.07, 6.45) is 1.24. The second kappa shape index (κ2) is 8.43. The van der Waals surface area contributed by atoms with Crippen LogP contribution in [0.1, 0.15) is 12.8 Å². The number of carbonyl (C=O) groups excluding carboxylic acids is 3. The summed E-state index contributed by atoms with van der Waals surface area (Å²) in [5.74, 6) is -0.459. The number of benzene rings is 2. The van der Waals surface area contributed by atoms with Gasteiger partial charge in [-0.1, -0.05) is 0 Å². The minimum atomic E-state index is -0.820. The van der Waals surface area contributed by atoms with Crippen LogP contribution in [0.25, 0.3) is 0 Å². The molecule has 2 N–H and O–H groups in total. The first-order valence-corrected chi connectivity index (χ1v) is 8.76. The third kappa shape index (κ3) is 4.22. The first-order chi connectivity index (χ1) is 13.5. The maximum absolute atomic E-state index is 12.2. The summed E-state index contributed by atoms with van der Waals surface area (Å²) in [5, 5.41) is 5.06. The van der Waals surface area contributed by atoms with Gasteiger partial charge in [-0.15, -0.1) is 0 Å². The Morgan fingerprint density at radius 3 is 2.14 bits per heavy atom. The van der Waals surface area contributed by atoms with Crippen molar-refractivity contribution in [2.75, 3.05) is 36.3 Å². The van der Waals surface area contributed by atoms with E-state index < -0.39 is 11.8 Å². The molecule has 1 heterocycles. The average molecular weight is 383 g/mol. The van der Waals surface area contributed by atoms with E-state index in [4.69, 9.17) is 9.47 Å². The van der Waals surface area contributed by atoms with Crippen molar-refractivity contribution in [2.24, 2.45) is 0 Å². The number of amides is 3. The van der Waals surface area contributed by atoms with Crippen LogP contribution in [0, 0.1) is 0 Å². The van der Waals surface area contributed by atoms with Crippen LogP contribution in [0.2, 0.25) is 0 Å². The Morgan fingerprint density at radius 1 is 0.929 bits per heavy atom. The Bertz CT molecular complexity index is 895. The lowest BCUT2D eigenvalue weighted by atomic mass is 10.2. The lowest BCUT2D eigenvalue weighted by molar-refractivity contribution is -0.132. The topological polar surface area (TPSA) is 97.0 Å². The zero-order valence-corrected chi connectivity index (χ0v) is 15.7. The van der Waals surface area contributed by atoms with Gasteiger partial charge in [0.25, 0.3) is 0 Å². The van der Waals surface area contributed by atoms with E-state index in [1.165, 1.54) is 7.11 Å². The maximum atomic E-state index is 12.2. The number of nitrogens with one attached hydrogen (secondary N) is 2. The number of anilines is 3.